The number of hydrogen-bond donors (Lipinski definition) is 1. The lowest BCUT2D eigenvalue weighted by molar-refractivity contribution is 0.233. The van der Waals surface area contributed by atoms with Gasteiger partial charge in [-0.2, -0.15) is 0 Å². The molecule has 0 amide bonds. The molecule has 0 bridgehead atoms. The number of aliphatic hydroxyl groups excluding tert-OH is 1. The Hall–Kier alpha value is -1.22. The Kier molecular flexibility index (Phi) is 4.62. The van der Waals surface area contributed by atoms with Crippen LogP contribution in [0.1, 0.15) is 25.3 Å². The molecule has 0 aliphatic heterocycles. The highest BCUT2D eigenvalue weighted by Gasteiger charge is 2.19. The van der Waals surface area contributed by atoms with Crippen LogP contribution in [0.4, 0.5) is 0 Å². The van der Waals surface area contributed by atoms with Gasteiger partial charge in [0.25, 0.3) is 0 Å². The van der Waals surface area contributed by atoms with Crippen molar-refractivity contribution in [2.24, 2.45) is 5.92 Å². The van der Waals surface area contributed by atoms with Crippen molar-refractivity contribution in [2.75, 3.05) is 20.8 Å². The van der Waals surface area contributed by atoms with E-state index in [1.807, 2.05) is 18.2 Å². The maximum Gasteiger partial charge on any atom is 0.126 e. The molecule has 0 aliphatic rings. The van der Waals surface area contributed by atoms with E-state index in [9.17, 15) is 5.11 Å². The molecule has 1 rings (SSSR count). The third-order valence-corrected chi connectivity index (χ3v) is 2.84. The first-order chi connectivity index (χ1) is 7.63. The van der Waals surface area contributed by atoms with Crippen molar-refractivity contribution in [3.8, 4) is 11.5 Å². The van der Waals surface area contributed by atoms with Gasteiger partial charge in [0.2, 0.25) is 0 Å². The molecule has 3 nitrogen and oxygen atoms in total. The fourth-order valence-electron chi connectivity index (χ4n) is 1.79. The standard InChI is InChI=1S/C13H20O3/c1-9(2)12(8-14)11-6-5-10(15-3)7-13(11)16-4/h5-7,9,12,14H,8H2,1-4H3. The zero-order valence-electron chi connectivity index (χ0n) is 10.4. The predicted octanol–water partition coefficient (Wildman–Crippen LogP) is 2.44. The fourth-order valence-corrected chi connectivity index (χ4v) is 1.79. The second kappa shape index (κ2) is 5.75. The molecule has 0 aromatic heterocycles. The van der Waals surface area contributed by atoms with Crippen LogP contribution in [0.2, 0.25) is 0 Å². The number of methoxy groups -OCH3 is 2. The minimum atomic E-state index is 0.0980. The number of rotatable bonds is 5. The van der Waals surface area contributed by atoms with Crippen LogP contribution < -0.4 is 9.47 Å². The van der Waals surface area contributed by atoms with E-state index in [1.165, 1.54) is 0 Å². The molecule has 1 unspecified atom stereocenters. The molecule has 0 radical (unpaired) electrons. The first-order valence-electron chi connectivity index (χ1n) is 5.46. The van der Waals surface area contributed by atoms with Gasteiger partial charge in [-0.05, 0) is 12.0 Å². The monoisotopic (exact) mass is 224 g/mol. The van der Waals surface area contributed by atoms with Crippen molar-refractivity contribution >= 4 is 0 Å². The molecule has 16 heavy (non-hydrogen) atoms. The SMILES string of the molecule is COc1ccc(C(CO)C(C)C)c(OC)c1. The third kappa shape index (κ3) is 2.67. The van der Waals surface area contributed by atoms with Gasteiger partial charge in [-0.25, -0.2) is 0 Å². The normalized spacial score (nSPS) is 12.6. The summed E-state index contributed by atoms with van der Waals surface area (Å²) in [4.78, 5) is 0. The molecule has 0 spiro atoms. The summed E-state index contributed by atoms with van der Waals surface area (Å²) in [5, 5.41) is 9.41. The Bertz CT molecular complexity index is 334. The van der Waals surface area contributed by atoms with Gasteiger partial charge < -0.3 is 14.6 Å². The first-order valence-corrected chi connectivity index (χ1v) is 5.46. The second-order valence-electron chi connectivity index (χ2n) is 4.14. The molecule has 0 saturated heterocycles. The summed E-state index contributed by atoms with van der Waals surface area (Å²) in [6.07, 6.45) is 0. The van der Waals surface area contributed by atoms with Crippen LogP contribution in [-0.4, -0.2) is 25.9 Å². The molecular weight excluding hydrogens is 204 g/mol. The number of benzene rings is 1. The molecule has 1 aromatic rings. The van der Waals surface area contributed by atoms with Crippen LogP contribution in [-0.2, 0) is 0 Å². The average molecular weight is 224 g/mol. The van der Waals surface area contributed by atoms with Crippen molar-refractivity contribution in [1.29, 1.82) is 0 Å². The van der Waals surface area contributed by atoms with Crippen LogP contribution >= 0.6 is 0 Å². The van der Waals surface area contributed by atoms with Gasteiger partial charge in [0.1, 0.15) is 11.5 Å². The van der Waals surface area contributed by atoms with E-state index in [4.69, 9.17) is 9.47 Å². The van der Waals surface area contributed by atoms with Crippen molar-refractivity contribution in [3.05, 3.63) is 23.8 Å². The largest absolute Gasteiger partial charge is 0.497 e. The maximum atomic E-state index is 9.41. The second-order valence-corrected chi connectivity index (χ2v) is 4.14. The molecule has 0 fully saturated rings. The Morgan fingerprint density at radius 3 is 2.31 bits per heavy atom. The van der Waals surface area contributed by atoms with Gasteiger partial charge in [-0.1, -0.05) is 19.9 Å². The summed E-state index contributed by atoms with van der Waals surface area (Å²) < 4.78 is 10.5. The van der Waals surface area contributed by atoms with Gasteiger partial charge in [0.05, 0.1) is 20.8 Å². The van der Waals surface area contributed by atoms with E-state index >= 15 is 0 Å². The van der Waals surface area contributed by atoms with E-state index in [0.29, 0.717) is 5.92 Å². The van der Waals surface area contributed by atoms with Gasteiger partial charge in [0, 0.05) is 17.5 Å². The molecule has 0 aliphatic carbocycles. The van der Waals surface area contributed by atoms with Crippen molar-refractivity contribution in [3.63, 3.8) is 0 Å². The van der Waals surface area contributed by atoms with Crippen molar-refractivity contribution < 1.29 is 14.6 Å². The smallest absolute Gasteiger partial charge is 0.126 e. The molecule has 1 aromatic carbocycles. The summed E-state index contributed by atoms with van der Waals surface area (Å²) in [5.74, 6) is 2.00. The maximum absolute atomic E-state index is 9.41. The van der Waals surface area contributed by atoms with E-state index in [2.05, 4.69) is 13.8 Å². The zero-order valence-corrected chi connectivity index (χ0v) is 10.4. The van der Waals surface area contributed by atoms with Crippen LogP contribution in [0.3, 0.4) is 0 Å². The third-order valence-electron chi connectivity index (χ3n) is 2.84. The Morgan fingerprint density at radius 2 is 1.88 bits per heavy atom. The Labute approximate surface area is 97.0 Å². The van der Waals surface area contributed by atoms with Crippen LogP contribution in [0, 0.1) is 5.92 Å². The number of aliphatic hydroxyl groups is 1. The summed E-state index contributed by atoms with van der Waals surface area (Å²) in [7, 11) is 3.26. The molecule has 1 atom stereocenters. The molecular formula is C13H20O3. The summed E-state index contributed by atoms with van der Waals surface area (Å²) >= 11 is 0. The van der Waals surface area contributed by atoms with Crippen LogP contribution in [0.5, 0.6) is 11.5 Å². The minimum Gasteiger partial charge on any atom is -0.497 e. The van der Waals surface area contributed by atoms with Gasteiger partial charge in [-0.15, -0.1) is 0 Å². The van der Waals surface area contributed by atoms with Gasteiger partial charge in [0.15, 0.2) is 0 Å². The Balaban J connectivity index is 3.11. The Morgan fingerprint density at radius 1 is 1.19 bits per heavy atom. The quantitative estimate of drug-likeness (QED) is 0.835. The predicted molar refractivity (Wildman–Crippen MR) is 64.2 cm³/mol. The minimum absolute atomic E-state index is 0.0980. The fraction of sp³-hybridized carbons (Fsp3) is 0.538. The van der Waals surface area contributed by atoms with Crippen molar-refractivity contribution in [2.45, 2.75) is 19.8 Å². The topological polar surface area (TPSA) is 38.7 Å². The van der Waals surface area contributed by atoms with Gasteiger partial charge in [-0.3, -0.25) is 0 Å². The van der Waals surface area contributed by atoms with Crippen LogP contribution in [0.15, 0.2) is 18.2 Å². The lowest BCUT2D eigenvalue weighted by Crippen LogP contribution is -2.12. The number of ether oxygens (including phenoxy) is 2. The highest BCUT2D eigenvalue weighted by atomic mass is 16.5. The zero-order chi connectivity index (χ0) is 12.1. The summed E-state index contributed by atoms with van der Waals surface area (Å²) in [6, 6.07) is 5.70. The van der Waals surface area contributed by atoms with E-state index in [-0.39, 0.29) is 12.5 Å². The van der Waals surface area contributed by atoms with Gasteiger partial charge >= 0.3 is 0 Å². The molecule has 3 heteroatoms. The lowest BCUT2D eigenvalue weighted by Gasteiger charge is -2.21. The van der Waals surface area contributed by atoms with E-state index in [1.54, 1.807) is 14.2 Å². The highest BCUT2D eigenvalue weighted by molar-refractivity contribution is 5.43. The lowest BCUT2D eigenvalue weighted by atomic mass is 9.88. The van der Waals surface area contributed by atoms with E-state index in [0.717, 1.165) is 17.1 Å². The molecule has 0 heterocycles. The van der Waals surface area contributed by atoms with Crippen molar-refractivity contribution in [1.82, 2.24) is 0 Å². The molecule has 90 valence electrons. The highest BCUT2D eigenvalue weighted by Crippen LogP contribution is 2.34. The van der Waals surface area contributed by atoms with Crippen LogP contribution in [0.25, 0.3) is 0 Å². The number of hydrogen-bond acceptors (Lipinski definition) is 3. The van der Waals surface area contributed by atoms with E-state index < -0.39 is 0 Å². The first kappa shape index (κ1) is 12.8. The summed E-state index contributed by atoms with van der Waals surface area (Å²) in [6.45, 7) is 4.30. The molecule has 0 saturated carbocycles. The summed E-state index contributed by atoms with van der Waals surface area (Å²) in [5.41, 5.74) is 1.03. The average Bonchev–Trinajstić information content (AvgIpc) is 2.29. The molecule has 1 N–H and O–H groups in total.